The van der Waals surface area contributed by atoms with Crippen molar-refractivity contribution in [1.29, 1.82) is 0 Å². The third kappa shape index (κ3) is 4.71. The normalized spacial score (nSPS) is 24.3. The van der Waals surface area contributed by atoms with Gasteiger partial charge >= 0.3 is 0 Å². The lowest BCUT2D eigenvalue weighted by atomic mass is 10.1. The van der Waals surface area contributed by atoms with Crippen molar-refractivity contribution in [2.75, 3.05) is 13.1 Å². The van der Waals surface area contributed by atoms with Gasteiger partial charge in [-0.2, -0.15) is 0 Å². The number of hydrogen-bond acceptors (Lipinski definition) is 2. The van der Waals surface area contributed by atoms with Gasteiger partial charge in [-0.3, -0.25) is 4.90 Å². The number of nitrogens with one attached hydrogen (secondary N) is 1. The molecule has 0 saturated carbocycles. The molecule has 1 aromatic carbocycles. The number of alkyl halides is 2. The number of rotatable bonds is 3. The molecule has 2 unspecified atom stereocenters. The fraction of sp³-hybridized carbons (Fsp3) is 0.571. The van der Waals surface area contributed by atoms with Gasteiger partial charge in [0.25, 0.3) is 6.43 Å². The van der Waals surface area contributed by atoms with Crippen molar-refractivity contribution in [2.45, 2.75) is 38.9 Å². The molecule has 1 saturated heterocycles. The third-order valence-corrected chi connectivity index (χ3v) is 3.27. The molecule has 2 rings (SSSR count). The van der Waals surface area contributed by atoms with E-state index < -0.39 is 6.43 Å². The standard InChI is InChI=1S/C14H20F2N2.ClH/c1-10-7-18(8-11(2)17-10)9-12-3-5-13(6-4-12)14(15)16;/h3-6,10-11,14,17H,7-9H2,1-2H3;1H. The Balaban J connectivity index is 0.00000180. The predicted molar refractivity (Wildman–Crippen MR) is 76.0 cm³/mol. The van der Waals surface area contributed by atoms with E-state index in [1.165, 1.54) is 12.1 Å². The number of hydrogen-bond donors (Lipinski definition) is 1. The quantitative estimate of drug-likeness (QED) is 0.919. The van der Waals surface area contributed by atoms with Crippen molar-refractivity contribution in [3.05, 3.63) is 35.4 Å². The van der Waals surface area contributed by atoms with Crippen LogP contribution in [0, 0.1) is 0 Å². The first-order valence-electron chi connectivity index (χ1n) is 6.40. The minimum atomic E-state index is -2.38. The Morgan fingerprint density at radius 1 is 1.16 bits per heavy atom. The molecule has 1 N–H and O–H groups in total. The fourth-order valence-electron chi connectivity index (χ4n) is 2.60. The summed E-state index contributed by atoms with van der Waals surface area (Å²) in [5, 5.41) is 3.48. The van der Waals surface area contributed by atoms with E-state index in [-0.39, 0.29) is 18.0 Å². The molecule has 1 fully saturated rings. The third-order valence-electron chi connectivity index (χ3n) is 3.27. The van der Waals surface area contributed by atoms with E-state index in [2.05, 4.69) is 24.1 Å². The molecule has 2 nitrogen and oxygen atoms in total. The van der Waals surface area contributed by atoms with Gasteiger partial charge in [0.2, 0.25) is 0 Å². The topological polar surface area (TPSA) is 15.3 Å². The summed E-state index contributed by atoms with van der Waals surface area (Å²) in [5.41, 5.74) is 1.20. The zero-order valence-corrected chi connectivity index (χ0v) is 12.1. The van der Waals surface area contributed by atoms with Gasteiger partial charge in [-0.15, -0.1) is 12.4 Å². The molecule has 0 amide bonds. The van der Waals surface area contributed by atoms with Gasteiger partial charge in [0.05, 0.1) is 0 Å². The summed E-state index contributed by atoms with van der Waals surface area (Å²) in [6.45, 7) is 7.17. The zero-order valence-electron chi connectivity index (χ0n) is 11.3. The average Bonchev–Trinajstić information content (AvgIpc) is 2.28. The Bertz CT molecular complexity index is 374. The summed E-state index contributed by atoms with van der Waals surface area (Å²) >= 11 is 0. The van der Waals surface area contributed by atoms with Crippen molar-refractivity contribution in [3.8, 4) is 0 Å². The van der Waals surface area contributed by atoms with Gasteiger partial charge in [-0.25, -0.2) is 8.78 Å². The monoisotopic (exact) mass is 290 g/mol. The number of nitrogens with zero attached hydrogens (tertiary/aromatic N) is 1. The molecule has 0 bridgehead atoms. The van der Waals surface area contributed by atoms with E-state index in [1.54, 1.807) is 12.1 Å². The maximum Gasteiger partial charge on any atom is 0.263 e. The molecule has 1 aromatic rings. The molecule has 0 aromatic heterocycles. The van der Waals surface area contributed by atoms with Crippen LogP contribution in [-0.4, -0.2) is 30.1 Å². The highest BCUT2D eigenvalue weighted by Gasteiger charge is 2.20. The molecular formula is C14H21ClF2N2. The van der Waals surface area contributed by atoms with Crippen molar-refractivity contribution >= 4 is 12.4 Å². The average molecular weight is 291 g/mol. The van der Waals surface area contributed by atoms with Crippen LogP contribution in [0.25, 0.3) is 0 Å². The van der Waals surface area contributed by atoms with Crippen LogP contribution in [0.15, 0.2) is 24.3 Å². The largest absolute Gasteiger partial charge is 0.309 e. The second-order valence-corrected chi connectivity index (χ2v) is 5.21. The van der Waals surface area contributed by atoms with E-state index in [0.717, 1.165) is 25.2 Å². The molecular weight excluding hydrogens is 270 g/mol. The molecule has 0 spiro atoms. The highest BCUT2D eigenvalue weighted by Crippen LogP contribution is 2.19. The first-order chi connectivity index (χ1) is 8.54. The van der Waals surface area contributed by atoms with Gasteiger partial charge < -0.3 is 5.32 Å². The summed E-state index contributed by atoms with van der Waals surface area (Å²) in [4.78, 5) is 2.36. The fourth-order valence-corrected chi connectivity index (χ4v) is 2.60. The van der Waals surface area contributed by atoms with Gasteiger partial charge in [-0.1, -0.05) is 24.3 Å². The molecule has 2 atom stereocenters. The summed E-state index contributed by atoms with van der Waals surface area (Å²) < 4.78 is 24.9. The summed E-state index contributed by atoms with van der Waals surface area (Å²) in [6.07, 6.45) is -2.38. The van der Waals surface area contributed by atoms with Crippen LogP contribution in [0.1, 0.15) is 31.4 Å². The Kier molecular flexibility index (Phi) is 6.17. The molecule has 1 aliphatic heterocycles. The summed E-state index contributed by atoms with van der Waals surface area (Å²) in [6, 6.07) is 7.62. The first kappa shape index (κ1) is 16.3. The van der Waals surface area contributed by atoms with E-state index >= 15 is 0 Å². The Hall–Kier alpha value is -0.710. The van der Waals surface area contributed by atoms with Crippen LogP contribution in [0.4, 0.5) is 8.78 Å². The van der Waals surface area contributed by atoms with E-state index in [9.17, 15) is 8.78 Å². The minimum absolute atomic E-state index is 0. The molecule has 1 aliphatic rings. The first-order valence-corrected chi connectivity index (χ1v) is 6.40. The molecule has 19 heavy (non-hydrogen) atoms. The lowest BCUT2D eigenvalue weighted by molar-refractivity contribution is 0.151. The van der Waals surface area contributed by atoms with Crippen LogP contribution < -0.4 is 5.32 Å². The summed E-state index contributed by atoms with van der Waals surface area (Å²) in [7, 11) is 0. The lowest BCUT2D eigenvalue weighted by Gasteiger charge is -2.36. The smallest absolute Gasteiger partial charge is 0.263 e. The van der Waals surface area contributed by atoms with Crippen molar-refractivity contribution in [1.82, 2.24) is 10.2 Å². The van der Waals surface area contributed by atoms with Crippen LogP contribution in [0.2, 0.25) is 0 Å². The van der Waals surface area contributed by atoms with Crippen LogP contribution in [0.3, 0.4) is 0 Å². The second-order valence-electron chi connectivity index (χ2n) is 5.21. The maximum absolute atomic E-state index is 12.4. The minimum Gasteiger partial charge on any atom is -0.309 e. The predicted octanol–water partition coefficient (Wildman–Crippen LogP) is 3.23. The number of piperazine rings is 1. The highest BCUT2D eigenvalue weighted by atomic mass is 35.5. The SMILES string of the molecule is CC1CN(Cc2ccc(C(F)F)cc2)CC(C)N1.Cl. The van der Waals surface area contributed by atoms with E-state index in [1.807, 2.05) is 0 Å². The van der Waals surface area contributed by atoms with Crippen LogP contribution >= 0.6 is 12.4 Å². The number of halogens is 3. The molecule has 0 aliphatic carbocycles. The van der Waals surface area contributed by atoms with Crippen LogP contribution in [0.5, 0.6) is 0 Å². The van der Waals surface area contributed by atoms with Gasteiger partial charge in [0.15, 0.2) is 0 Å². The molecule has 5 heteroatoms. The lowest BCUT2D eigenvalue weighted by Crippen LogP contribution is -2.53. The Morgan fingerprint density at radius 3 is 2.16 bits per heavy atom. The maximum atomic E-state index is 12.4. The zero-order chi connectivity index (χ0) is 13.1. The molecule has 0 radical (unpaired) electrons. The van der Waals surface area contributed by atoms with E-state index in [4.69, 9.17) is 0 Å². The van der Waals surface area contributed by atoms with Crippen molar-refractivity contribution in [2.24, 2.45) is 0 Å². The van der Waals surface area contributed by atoms with Gasteiger partial charge in [0, 0.05) is 37.3 Å². The van der Waals surface area contributed by atoms with Crippen LogP contribution in [-0.2, 0) is 6.54 Å². The highest BCUT2D eigenvalue weighted by molar-refractivity contribution is 5.85. The second kappa shape index (κ2) is 7.17. The summed E-state index contributed by atoms with van der Waals surface area (Å²) in [5.74, 6) is 0. The Morgan fingerprint density at radius 2 is 1.68 bits per heavy atom. The van der Waals surface area contributed by atoms with Gasteiger partial charge in [-0.05, 0) is 19.4 Å². The van der Waals surface area contributed by atoms with Gasteiger partial charge in [0.1, 0.15) is 0 Å². The Labute approximate surface area is 119 Å². The van der Waals surface area contributed by atoms with Crippen molar-refractivity contribution in [3.63, 3.8) is 0 Å². The van der Waals surface area contributed by atoms with Crippen molar-refractivity contribution < 1.29 is 8.78 Å². The molecule has 108 valence electrons. The van der Waals surface area contributed by atoms with E-state index in [0.29, 0.717) is 12.1 Å². The molecule has 1 heterocycles. The number of benzene rings is 1.